The maximum atomic E-state index is 12.6. The monoisotopic (exact) mass is 348 g/mol. The maximum Gasteiger partial charge on any atom is 0.199 e. The standard InChI is InChI=1S/C14H8Cl4O2/c1-20-12-6-7(15)2-3-9(12)14(19)13-10(17)4-8(16)5-11(13)18/h2-6H,1H3. The van der Waals surface area contributed by atoms with Crippen molar-refractivity contribution in [1.82, 2.24) is 0 Å². The molecule has 0 fully saturated rings. The van der Waals surface area contributed by atoms with Crippen LogP contribution in [0.3, 0.4) is 0 Å². The Labute approximate surface area is 136 Å². The number of methoxy groups -OCH3 is 1. The van der Waals surface area contributed by atoms with Gasteiger partial charge in [-0.1, -0.05) is 46.4 Å². The molecule has 0 bridgehead atoms. The molecular weight excluding hydrogens is 342 g/mol. The third kappa shape index (κ3) is 3.04. The highest BCUT2D eigenvalue weighted by Crippen LogP contribution is 2.33. The molecule has 0 unspecified atom stereocenters. The smallest absolute Gasteiger partial charge is 0.199 e. The van der Waals surface area contributed by atoms with Crippen molar-refractivity contribution in [2.75, 3.05) is 7.11 Å². The molecule has 0 heterocycles. The molecule has 2 aromatic rings. The van der Waals surface area contributed by atoms with Crippen LogP contribution in [0.15, 0.2) is 30.3 Å². The molecule has 0 amide bonds. The summed E-state index contributed by atoms with van der Waals surface area (Å²) in [6.07, 6.45) is 0. The van der Waals surface area contributed by atoms with Gasteiger partial charge in [-0.05, 0) is 30.3 Å². The van der Waals surface area contributed by atoms with Gasteiger partial charge in [-0.15, -0.1) is 0 Å². The number of ketones is 1. The zero-order valence-electron chi connectivity index (χ0n) is 10.2. The number of hydrogen-bond donors (Lipinski definition) is 0. The van der Waals surface area contributed by atoms with Gasteiger partial charge in [-0.25, -0.2) is 0 Å². The summed E-state index contributed by atoms with van der Waals surface area (Å²) in [5.41, 5.74) is 0.501. The Balaban J connectivity index is 2.58. The lowest BCUT2D eigenvalue weighted by molar-refractivity contribution is 0.103. The van der Waals surface area contributed by atoms with Crippen LogP contribution in [0.2, 0.25) is 20.1 Å². The van der Waals surface area contributed by atoms with Crippen molar-refractivity contribution in [2.45, 2.75) is 0 Å². The fourth-order valence-electron chi connectivity index (χ4n) is 1.75. The Morgan fingerprint density at radius 1 is 0.950 bits per heavy atom. The second-order valence-electron chi connectivity index (χ2n) is 3.92. The van der Waals surface area contributed by atoms with Crippen LogP contribution in [0.4, 0.5) is 0 Å². The maximum absolute atomic E-state index is 12.6. The predicted molar refractivity (Wildman–Crippen MR) is 82.9 cm³/mol. The Morgan fingerprint density at radius 2 is 1.55 bits per heavy atom. The Morgan fingerprint density at radius 3 is 2.10 bits per heavy atom. The molecule has 2 aromatic carbocycles. The van der Waals surface area contributed by atoms with Gasteiger partial charge in [0.15, 0.2) is 5.78 Å². The number of ether oxygens (including phenoxy) is 1. The van der Waals surface area contributed by atoms with Gasteiger partial charge in [0.1, 0.15) is 5.75 Å². The van der Waals surface area contributed by atoms with Gasteiger partial charge in [0.25, 0.3) is 0 Å². The molecule has 0 aliphatic heterocycles. The summed E-state index contributed by atoms with van der Waals surface area (Å²) in [4.78, 5) is 12.6. The second-order valence-corrected chi connectivity index (χ2v) is 5.61. The highest BCUT2D eigenvalue weighted by molar-refractivity contribution is 6.43. The number of rotatable bonds is 3. The highest BCUT2D eigenvalue weighted by Gasteiger charge is 2.21. The first-order chi connectivity index (χ1) is 9.43. The van der Waals surface area contributed by atoms with Crippen LogP contribution in [0.25, 0.3) is 0 Å². The van der Waals surface area contributed by atoms with Crippen LogP contribution < -0.4 is 4.74 Å². The third-order valence-corrected chi connectivity index (χ3v) is 3.69. The number of benzene rings is 2. The first-order valence-electron chi connectivity index (χ1n) is 5.47. The Hall–Kier alpha value is -0.930. The largest absolute Gasteiger partial charge is 0.496 e. The normalized spacial score (nSPS) is 10.4. The fourth-order valence-corrected chi connectivity index (χ4v) is 2.90. The molecule has 0 aromatic heterocycles. The van der Waals surface area contributed by atoms with Crippen molar-refractivity contribution in [3.63, 3.8) is 0 Å². The zero-order chi connectivity index (χ0) is 14.9. The van der Waals surface area contributed by atoms with Gasteiger partial charge in [0.2, 0.25) is 0 Å². The first-order valence-corrected chi connectivity index (χ1v) is 6.98. The Bertz CT molecular complexity index is 660. The molecule has 0 radical (unpaired) electrons. The number of carbonyl (C=O) groups is 1. The van der Waals surface area contributed by atoms with E-state index in [0.29, 0.717) is 21.4 Å². The van der Waals surface area contributed by atoms with Crippen molar-refractivity contribution in [3.05, 3.63) is 61.5 Å². The van der Waals surface area contributed by atoms with E-state index in [2.05, 4.69) is 0 Å². The van der Waals surface area contributed by atoms with E-state index < -0.39 is 0 Å². The van der Waals surface area contributed by atoms with Gasteiger partial charge < -0.3 is 4.74 Å². The van der Waals surface area contributed by atoms with E-state index in [1.807, 2.05) is 0 Å². The minimum Gasteiger partial charge on any atom is -0.496 e. The van der Waals surface area contributed by atoms with Crippen LogP contribution in [-0.2, 0) is 0 Å². The van der Waals surface area contributed by atoms with E-state index in [1.165, 1.54) is 19.2 Å². The number of hydrogen-bond acceptors (Lipinski definition) is 2. The van der Waals surface area contributed by atoms with E-state index >= 15 is 0 Å². The molecular formula is C14H8Cl4O2. The van der Waals surface area contributed by atoms with Gasteiger partial charge >= 0.3 is 0 Å². The van der Waals surface area contributed by atoms with E-state index in [1.54, 1.807) is 18.2 Å². The lowest BCUT2D eigenvalue weighted by atomic mass is 10.0. The summed E-state index contributed by atoms with van der Waals surface area (Å²) in [5.74, 6) is -0.00485. The van der Waals surface area contributed by atoms with Gasteiger partial charge in [0, 0.05) is 10.0 Å². The first kappa shape index (κ1) is 15.5. The molecule has 0 spiro atoms. The second kappa shape index (κ2) is 6.23. The molecule has 104 valence electrons. The van der Waals surface area contributed by atoms with Crippen molar-refractivity contribution in [1.29, 1.82) is 0 Å². The van der Waals surface area contributed by atoms with Crippen LogP contribution in [0, 0.1) is 0 Å². The molecule has 0 N–H and O–H groups in total. The fraction of sp³-hybridized carbons (Fsp3) is 0.0714. The molecule has 0 aliphatic carbocycles. The van der Waals surface area contributed by atoms with Crippen LogP contribution >= 0.6 is 46.4 Å². The summed E-state index contributed by atoms with van der Waals surface area (Å²) >= 11 is 23.8. The zero-order valence-corrected chi connectivity index (χ0v) is 13.2. The summed E-state index contributed by atoms with van der Waals surface area (Å²) in [6, 6.07) is 7.63. The molecule has 6 heteroatoms. The van der Waals surface area contributed by atoms with Gasteiger partial charge in [-0.3, -0.25) is 4.79 Å². The van der Waals surface area contributed by atoms with Crippen LogP contribution in [-0.4, -0.2) is 12.9 Å². The third-order valence-electron chi connectivity index (χ3n) is 2.64. The molecule has 2 nitrogen and oxygen atoms in total. The lowest BCUT2D eigenvalue weighted by Crippen LogP contribution is -2.05. The van der Waals surface area contributed by atoms with Gasteiger partial charge in [-0.2, -0.15) is 0 Å². The topological polar surface area (TPSA) is 26.3 Å². The molecule has 20 heavy (non-hydrogen) atoms. The van der Waals surface area contributed by atoms with Gasteiger partial charge in [0.05, 0.1) is 28.3 Å². The lowest BCUT2D eigenvalue weighted by Gasteiger charge is -2.10. The van der Waals surface area contributed by atoms with Crippen molar-refractivity contribution in [2.24, 2.45) is 0 Å². The average Bonchev–Trinajstić information content (AvgIpc) is 2.37. The molecule has 2 rings (SSSR count). The van der Waals surface area contributed by atoms with E-state index in [9.17, 15) is 4.79 Å². The Kier molecular flexibility index (Phi) is 4.82. The summed E-state index contributed by atoms with van der Waals surface area (Å²) < 4.78 is 5.15. The summed E-state index contributed by atoms with van der Waals surface area (Å²) in [6.45, 7) is 0. The van der Waals surface area contributed by atoms with Crippen LogP contribution in [0.5, 0.6) is 5.75 Å². The van der Waals surface area contributed by atoms with Crippen LogP contribution in [0.1, 0.15) is 15.9 Å². The minimum absolute atomic E-state index is 0.179. The quantitative estimate of drug-likeness (QED) is 0.680. The van der Waals surface area contributed by atoms with Crippen molar-refractivity contribution < 1.29 is 9.53 Å². The van der Waals surface area contributed by atoms with E-state index in [0.717, 1.165) is 0 Å². The van der Waals surface area contributed by atoms with Crippen molar-refractivity contribution >= 4 is 52.2 Å². The predicted octanol–water partition coefficient (Wildman–Crippen LogP) is 5.54. The molecule has 0 aliphatic rings. The number of carbonyl (C=O) groups excluding carboxylic acids is 1. The van der Waals surface area contributed by atoms with Crippen molar-refractivity contribution in [3.8, 4) is 5.75 Å². The van der Waals surface area contributed by atoms with E-state index in [4.69, 9.17) is 51.1 Å². The summed E-state index contributed by atoms with van der Waals surface area (Å²) in [5, 5.41) is 1.19. The van der Waals surface area contributed by atoms with E-state index in [-0.39, 0.29) is 21.4 Å². The number of halogens is 4. The highest BCUT2D eigenvalue weighted by atomic mass is 35.5. The molecule has 0 saturated heterocycles. The molecule has 0 atom stereocenters. The summed E-state index contributed by atoms with van der Waals surface area (Å²) in [7, 11) is 1.45. The molecule has 0 saturated carbocycles. The SMILES string of the molecule is COc1cc(Cl)ccc1C(=O)c1c(Cl)cc(Cl)cc1Cl. The minimum atomic E-state index is -0.356. The average molecular weight is 350 g/mol.